The summed E-state index contributed by atoms with van der Waals surface area (Å²) >= 11 is 3.01. The van der Waals surface area contributed by atoms with E-state index in [1.54, 1.807) is 18.4 Å². The van der Waals surface area contributed by atoms with Gasteiger partial charge in [-0.3, -0.25) is 4.79 Å². The van der Waals surface area contributed by atoms with Crippen LogP contribution in [0.1, 0.15) is 6.42 Å². The van der Waals surface area contributed by atoms with Gasteiger partial charge in [0.2, 0.25) is 5.91 Å². The lowest BCUT2D eigenvalue weighted by molar-refractivity contribution is -0.119. The Hall–Kier alpha value is -1.15. The first-order valence-corrected chi connectivity index (χ1v) is 8.40. The Morgan fingerprint density at radius 2 is 2.33 bits per heavy atom. The van der Waals surface area contributed by atoms with Gasteiger partial charge in [0.25, 0.3) is 0 Å². The number of carbonyl (C=O) groups excluding carboxylic acids is 1. The van der Waals surface area contributed by atoms with Gasteiger partial charge >= 0.3 is 0 Å². The van der Waals surface area contributed by atoms with Gasteiger partial charge in [-0.05, 0) is 18.6 Å². The molecule has 0 aliphatic carbocycles. The number of aliphatic hydroxyl groups is 1. The molecule has 0 fully saturated rings. The summed E-state index contributed by atoms with van der Waals surface area (Å²) in [7, 11) is 1.58. The molecule has 7 heteroatoms. The number of amides is 1. The van der Waals surface area contributed by atoms with Gasteiger partial charge in [0.1, 0.15) is 0 Å². The minimum atomic E-state index is -0.150. The molecule has 2 N–H and O–H groups in total. The molecular weight excluding hydrogens is 308 g/mol. The van der Waals surface area contributed by atoms with E-state index in [9.17, 15) is 4.79 Å². The number of aromatic nitrogens is 1. The molecule has 1 amide bonds. The highest BCUT2D eigenvalue weighted by Crippen LogP contribution is 2.28. The summed E-state index contributed by atoms with van der Waals surface area (Å²) in [5.41, 5.74) is 0.961. The number of thiazole rings is 1. The van der Waals surface area contributed by atoms with Gasteiger partial charge in [-0.2, -0.15) is 0 Å². The monoisotopic (exact) mass is 326 g/mol. The molecule has 0 saturated carbocycles. The number of hydrogen-bond acceptors (Lipinski definition) is 6. The second kappa shape index (κ2) is 8.33. The van der Waals surface area contributed by atoms with Crippen molar-refractivity contribution in [2.24, 2.45) is 0 Å². The Balaban J connectivity index is 1.85. The topological polar surface area (TPSA) is 71.5 Å². The molecule has 114 valence electrons. The van der Waals surface area contributed by atoms with Crippen LogP contribution in [0.5, 0.6) is 0 Å². The fraction of sp³-hybridized carbons (Fsp3) is 0.429. The van der Waals surface area contributed by atoms with Gasteiger partial charge in [0.15, 0.2) is 4.34 Å². The van der Waals surface area contributed by atoms with Crippen LogP contribution in [0, 0.1) is 0 Å². The van der Waals surface area contributed by atoms with Crippen molar-refractivity contribution < 1.29 is 14.6 Å². The Kier molecular flexibility index (Phi) is 6.44. The third kappa shape index (κ3) is 4.96. The third-order valence-electron chi connectivity index (χ3n) is 2.81. The normalized spacial score (nSPS) is 12.5. The average molecular weight is 326 g/mol. The van der Waals surface area contributed by atoms with E-state index in [4.69, 9.17) is 9.84 Å². The van der Waals surface area contributed by atoms with Crippen LogP contribution in [0.2, 0.25) is 0 Å². The van der Waals surface area contributed by atoms with Crippen LogP contribution in [0.4, 0.5) is 0 Å². The zero-order valence-corrected chi connectivity index (χ0v) is 13.4. The molecule has 1 aromatic heterocycles. The van der Waals surface area contributed by atoms with E-state index in [0.29, 0.717) is 18.8 Å². The number of rotatable bonds is 8. The van der Waals surface area contributed by atoms with Crippen molar-refractivity contribution in [3.05, 3.63) is 24.3 Å². The third-order valence-corrected chi connectivity index (χ3v) is 4.99. The SMILES string of the molecule is COCC(CCO)NC(=O)CSc1nc2ccccc2s1. The largest absolute Gasteiger partial charge is 0.396 e. The molecule has 0 aliphatic rings. The van der Waals surface area contributed by atoms with Crippen LogP contribution in [0.15, 0.2) is 28.6 Å². The maximum Gasteiger partial charge on any atom is 0.230 e. The van der Waals surface area contributed by atoms with E-state index in [2.05, 4.69) is 10.3 Å². The molecule has 0 spiro atoms. The van der Waals surface area contributed by atoms with Gasteiger partial charge in [-0.25, -0.2) is 4.98 Å². The van der Waals surface area contributed by atoms with Crippen molar-refractivity contribution >= 4 is 39.2 Å². The molecule has 1 atom stereocenters. The Morgan fingerprint density at radius 1 is 1.52 bits per heavy atom. The number of thioether (sulfide) groups is 1. The number of carbonyl (C=O) groups is 1. The first-order chi connectivity index (χ1) is 10.2. The average Bonchev–Trinajstić information content (AvgIpc) is 2.88. The summed E-state index contributed by atoms with van der Waals surface area (Å²) in [6.45, 7) is 0.428. The summed E-state index contributed by atoms with van der Waals surface area (Å²) in [5, 5.41) is 11.8. The molecule has 21 heavy (non-hydrogen) atoms. The maximum atomic E-state index is 11.9. The number of nitrogens with one attached hydrogen (secondary N) is 1. The fourth-order valence-corrected chi connectivity index (χ4v) is 3.74. The highest BCUT2D eigenvalue weighted by molar-refractivity contribution is 8.01. The van der Waals surface area contributed by atoms with E-state index < -0.39 is 0 Å². The van der Waals surface area contributed by atoms with Crippen molar-refractivity contribution in [1.29, 1.82) is 0 Å². The Labute approximate surface area is 131 Å². The highest BCUT2D eigenvalue weighted by Gasteiger charge is 2.13. The van der Waals surface area contributed by atoms with Gasteiger partial charge in [-0.1, -0.05) is 23.9 Å². The quantitative estimate of drug-likeness (QED) is 0.725. The van der Waals surface area contributed by atoms with E-state index in [-0.39, 0.29) is 18.6 Å². The molecule has 1 heterocycles. The maximum absolute atomic E-state index is 11.9. The molecule has 0 saturated heterocycles. The van der Waals surface area contributed by atoms with E-state index in [1.807, 2.05) is 24.3 Å². The molecule has 2 rings (SSSR count). The zero-order chi connectivity index (χ0) is 15.1. The van der Waals surface area contributed by atoms with E-state index in [0.717, 1.165) is 14.6 Å². The second-order valence-electron chi connectivity index (χ2n) is 4.47. The molecular formula is C14H18N2O3S2. The van der Waals surface area contributed by atoms with Crippen molar-refractivity contribution in [1.82, 2.24) is 10.3 Å². The smallest absolute Gasteiger partial charge is 0.230 e. The molecule has 5 nitrogen and oxygen atoms in total. The van der Waals surface area contributed by atoms with Crippen LogP contribution in [0.25, 0.3) is 10.2 Å². The molecule has 1 aromatic carbocycles. The molecule has 2 aromatic rings. The minimum Gasteiger partial charge on any atom is -0.396 e. The number of ether oxygens (including phenoxy) is 1. The summed E-state index contributed by atoms with van der Waals surface area (Å²) in [6, 6.07) is 7.77. The first kappa shape index (κ1) is 16.2. The molecule has 1 unspecified atom stereocenters. The van der Waals surface area contributed by atoms with Gasteiger partial charge < -0.3 is 15.2 Å². The summed E-state index contributed by atoms with van der Waals surface area (Å²) in [4.78, 5) is 16.4. The van der Waals surface area contributed by atoms with Gasteiger partial charge in [-0.15, -0.1) is 11.3 Å². The molecule has 0 bridgehead atoms. The predicted octanol–water partition coefficient (Wildman–Crippen LogP) is 1.90. The Bertz CT molecular complexity index is 549. The van der Waals surface area contributed by atoms with E-state index >= 15 is 0 Å². The highest BCUT2D eigenvalue weighted by atomic mass is 32.2. The van der Waals surface area contributed by atoms with Gasteiger partial charge in [0.05, 0.1) is 28.6 Å². The Morgan fingerprint density at radius 3 is 3.05 bits per heavy atom. The van der Waals surface area contributed by atoms with Crippen LogP contribution in [-0.2, 0) is 9.53 Å². The van der Waals surface area contributed by atoms with Crippen LogP contribution < -0.4 is 5.32 Å². The van der Waals surface area contributed by atoms with Crippen LogP contribution >= 0.6 is 23.1 Å². The summed E-state index contributed by atoms with van der Waals surface area (Å²) in [6.07, 6.45) is 0.491. The second-order valence-corrected chi connectivity index (χ2v) is 6.72. The standard InChI is InChI=1S/C14H18N2O3S2/c1-19-8-10(6-7-17)15-13(18)9-20-14-16-11-4-2-3-5-12(11)21-14/h2-5,10,17H,6-9H2,1H3,(H,15,18). The van der Waals surface area contributed by atoms with Crippen molar-refractivity contribution in [2.75, 3.05) is 26.1 Å². The number of para-hydroxylation sites is 1. The van der Waals surface area contributed by atoms with E-state index in [1.165, 1.54) is 11.8 Å². The van der Waals surface area contributed by atoms with Gasteiger partial charge in [0, 0.05) is 13.7 Å². The van der Waals surface area contributed by atoms with Crippen molar-refractivity contribution in [2.45, 2.75) is 16.8 Å². The van der Waals surface area contributed by atoms with Crippen LogP contribution in [-0.4, -0.2) is 48.1 Å². The number of hydrogen-bond donors (Lipinski definition) is 2. The number of fused-ring (bicyclic) bond motifs is 1. The van der Waals surface area contributed by atoms with Crippen molar-refractivity contribution in [3.63, 3.8) is 0 Å². The number of nitrogens with zero attached hydrogens (tertiary/aromatic N) is 1. The first-order valence-electron chi connectivity index (χ1n) is 6.60. The lowest BCUT2D eigenvalue weighted by Gasteiger charge is -2.16. The summed E-state index contributed by atoms with van der Waals surface area (Å²) < 4.78 is 7.03. The molecule has 0 radical (unpaired) electrons. The lowest BCUT2D eigenvalue weighted by atomic mass is 10.2. The van der Waals surface area contributed by atoms with Crippen molar-refractivity contribution in [3.8, 4) is 0 Å². The lowest BCUT2D eigenvalue weighted by Crippen LogP contribution is -2.39. The number of aliphatic hydroxyl groups excluding tert-OH is 1. The number of methoxy groups -OCH3 is 1. The fourth-order valence-electron chi connectivity index (χ4n) is 1.86. The number of benzene rings is 1. The zero-order valence-electron chi connectivity index (χ0n) is 11.7. The minimum absolute atomic E-state index is 0.0271. The van der Waals surface area contributed by atoms with Crippen LogP contribution in [0.3, 0.4) is 0 Å². The summed E-state index contributed by atoms with van der Waals surface area (Å²) in [5.74, 6) is 0.237. The predicted molar refractivity (Wildman–Crippen MR) is 85.9 cm³/mol. The molecule has 0 aliphatic heterocycles.